The Hall–Kier alpha value is -2.50. The number of nitrogens with zero attached hydrogens (tertiary/aromatic N) is 1. The standard InChI is InChI=1S/C22H21NO3S/c1-15-18-10-6-7-11-19(18)26-21(24)22(15,2)25-13-17-14-27-20(23-17)12-16-8-4-3-5-9-16/h3-11,14-15H,12-13H2,1-2H3. The molecule has 2 aromatic carbocycles. The van der Waals surface area contributed by atoms with Crippen LogP contribution in [0.4, 0.5) is 0 Å². The lowest BCUT2D eigenvalue weighted by molar-refractivity contribution is -0.168. The zero-order valence-electron chi connectivity index (χ0n) is 15.3. The quantitative estimate of drug-likeness (QED) is 0.475. The van der Waals surface area contributed by atoms with Crippen LogP contribution < -0.4 is 4.74 Å². The molecule has 1 aliphatic rings. The molecule has 2 heterocycles. The number of carbonyl (C=O) groups is 1. The van der Waals surface area contributed by atoms with Gasteiger partial charge in [0.25, 0.3) is 0 Å². The zero-order chi connectivity index (χ0) is 18.9. The van der Waals surface area contributed by atoms with Crippen molar-refractivity contribution in [3.8, 4) is 5.75 Å². The monoisotopic (exact) mass is 379 g/mol. The van der Waals surface area contributed by atoms with E-state index in [1.807, 2.05) is 54.8 Å². The summed E-state index contributed by atoms with van der Waals surface area (Å²) in [5, 5.41) is 3.03. The van der Waals surface area contributed by atoms with E-state index < -0.39 is 5.60 Å². The lowest BCUT2D eigenvalue weighted by Crippen LogP contribution is -2.48. The largest absolute Gasteiger partial charge is 0.424 e. The van der Waals surface area contributed by atoms with Gasteiger partial charge in [-0.3, -0.25) is 0 Å². The molecule has 4 nitrogen and oxygen atoms in total. The van der Waals surface area contributed by atoms with Gasteiger partial charge in [-0.2, -0.15) is 0 Å². The van der Waals surface area contributed by atoms with Crippen LogP contribution in [0.5, 0.6) is 5.75 Å². The molecule has 0 saturated carbocycles. The maximum absolute atomic E-state index is 12.6. The molecule has 0 aliphatic carbocycles. The second kappa shape index (κ2) is 7.25. The van der Waals surface area contributed by atoms with Crippen molar-refractivity contribution in [1.29, 1.82) is 0 Å². The van der Waals surface area contributed by atoms with E-state index in [2.05, 4.69) is 17.1 Å². The molecule has 1 aromatic heterocycles. The van der Waals surface area contributed by atoms with Crippen LogP contribution in [0.15, 0.2) is 60.0 Å². The van der Waals surface area contributed by atoms with Crippen LogP contribution in [-0.2, 0) is 22.6 Å². The van der Waals surface area contributed by atoms with E-state index in [4.69, 9.17) is 9.47 Å². The lowest BCUT2D eigenvalue weighted by Gasteiger charge is -2.37. The minimum Gasteiger partial charge on any atom is -0.424 e. The Morgan fingerprint density at radius 1 is 1.15 bits per heavy atom. The summed E-state index contributed by atoms with van der Waals surface area (Å²) >= 11 is 1.61. The van der Waals surface area contributed by atoms with Gasteiger partial charge >= 0.3 is 5.97 Å². The van der Waals surface area contributed by atoms with Gasteiger partial charge in [0.2, 0.25) is 0 Å². The maximum atomic E-state index is 12.6. The van der Waals surface area contributed by atoms with Crippen LogP contribution in [0.3, 0.4) is 0 Å². The van der Waals surface area contributed by atoms with E-state index >= 15 is 0 Å². The molecule has 0 spiro atoms. The van der Waals surface area contributed by atoms with Gasteiger partial charge in [0.05, 0.1) is 17.3 Å². The Bertz CT molecular complexity index is 953. The molecular formula is C22H21NO3S. The van der Waals surface area contributed by atoms with Crippen LogP contribution in [0.2, 0.25) is 0 Å². The Labute approximate surface area is 162 Å². The van der Waals surface area contributed by atoms with Crippen LogP contribution in [-0.4, -0.2) is 16.6 Å². The number of hydrogen-bond donors (Lipinski definition) is 0. The van der Waals surface area contributed by atoms with Gasteiger partial charge < -0.3 is 9.47 Å². The molecule has 2 unspecified atom stereocenters. The Kier molecular flexibility index (Phi) is 4.81. The lowest BCUT2D eigenvalue weighted by atomic mass is 9.82. The normalized spacial score (nSPS) is 21.6. The van der Waals surface area contributed by atoms with Crippen molar-refractivity contribution in [1.82, 2.24) is 4.98 Å². The molecule has 0 radical (unpaired) electrons. The Morgan fingerprint density at radius 2 is 1.89 bits per heavy atom. The number of rotatable bonds is 5. The number of esters is 1. The second-order valence-corrected chi connectivity index (χ2v) is 7.88. The third kappa shape index (κ3) is 3.53. The summed E-state index contributed by atoms with van der Waals surface area (Å²) in [4.78, 5) is 17.2. The average molecular weight is 379 g/mol. The van der Waals surface area contributed by atoms with Crippen LogP contribution >= 0.6 is 11.3 Å². The molecule has 3 aromatic rings. The second-order valence-electron chi connectivity index (χ2n) is 6.94. The molecule has 138 valence electrons. The third-order valence-electron chi connectivity index (χ3n) is 5.14. The summed E-state index contributed by atoms with van der Waals surface area (Å²) in [7, 11) is 0. The summed E-state index contributed by atoms with van der Waals surface area (Å²) in [5.74, 6) is 0.167. The first kappa shape index (κ1) is 17.9. The number of ether oxygens (including phenoxy) is 2. The average Bonchev–Trinajstić information content (AvgIpc) is 3.13. The fraction of sp³-hybridized carbons (Fsp3) is 0.273. The van der Waals surface area contributed by atoms with Gasteiger partial charge in [0.1, 0.15) is 5.75 Å². The first-order valence-electron chi connectivity index (χ1n) is 8.98. The molecule has 4 rings (SSSR count). The highest BCUT2D eigenvalue weighted by Crippen LogP contribution is 2.42. The van der Waals surface area contributed by atoms with E-state index in [-0.39, 0.29) is 18.5 Å². The molecule has 0 amide bonds. The fourth-order valence-electron chi connectivity index (χ4n) is 3.28. The Morgan fingerprint density at radius 3 is 2.70 bits per heavy atom. The SMILES string of the molecule is CC1c2ccccc2OC(=O)C1(C)OCc1csc(Cc2ccccc2)n1. The number of thiazole rings is 1. The van der Waals surface area contributed by atoms with Crippen LogP contribution in [0, 0.1) is 0 Å². The van der Waals surface area contributed by atoms with Crippen molar-refractivity contribution in [3.63, 3.8) is 0 Å². The Balaban J connectivity index is 1.46. The summed E-state index contributed by atoms with van der Waals surface area (Å²) < 4.78 is 11.6. The summed E-state index contributed by atoms with van der Waals surface area (Å²) in [6.45, 7) is 4.08. The molecule has 0 fully saturated rings. The molecule has 27 heavy (non-hydrogen) atoms. The number of hydrogen-bond acceptors (Lipinski definition) is 5. The molecule has 0 N–H and O–H groups in total. The highest BCUT2D eigenvalue weighted by molar-refractivity contribution is 7.09. The van der Waals surface area contributed by atoms with Crippen molar-refractivity contribution in [2.45, 2.75) is 38.4 Å². The third-order valence-corrected chi connectivity index (χ3v) is 6.03. The highest BCUT2D eigenvalue weighted by atomic mass is 32.1. The molecule has 5 heteroatoms. The first-order chi connectivity index (χ1) is 13.1. The predicted octanol–water partition coefficient (Wildman–Crippen LogP) is 4.73. The predicted molar refractivity (Wildman–Crippen MR) is 105 cm³/mol. The van der Waals surface area contributed by atoms with Gasteiger partial charge in [-0.1, -0.05) is 55.5 Å². The number of aromatic nitrogens is 1. The maximum Gasteiger partial charge on any atom is 0.344 e. The fourth-order valence-corrected chi connectivity index (χ4v) is 4.09. The van der Waals surface area contributed by atoms with Crippen molar-refractivity contribution in [3.05, 3.63) is 81.8 Å². The highest BCUT2D eigenvalue weighted by Gasteiger charge is 2.47. The van der Waals surface area contributed by atoms with Gasteiger partial charge in [-0.05, 0) is 18.6 Å². The zero-order valence-corrected chi connectivity index (χ0v) is 16.2. The van der Waals surface area contributed by atoms with E-state index in [0.29, 0.717) is 5.75 Å². The molecule has 2 atom stereocenters. The molecular weight excluding hydrogens is 358 g/mol. The summed E-state index contributed by atoms with van der Waals surface area (Å²) in [6.07, 6.45) is 0.800. The van der Waals surface area contributed by atoms with Crippen LogP contribution in [0.1, 0.15) is 41.6 Å². The van der Waals surface area contributed by atoms with Gasteiger partial charge in [0, 0.05) is 23.3 Å². The minimum atomic E-state index is -1.03. The van der Waals surface area contributed by atoms with Crippen molar-refractivity contribution in [2.24, 2.45) is 0 Å². The number of benzene rings is 2. The van der Waals surface area contributed by atoms with E-state index in [1.165, 1.54) is 5.56 Å². The topological polar surface area (TPSA) is 48.4 Å². The number of para-hydroxylation sites is 1. The number of carbonyl (C=O) groups excluding carboxylic acids is 1. The van der Waals surface area contributed by atoms with Crippen molar-refractivity contribution < 1.29 is 14.3 Å². The summed E-state index contributed by atoms with van der Waals surface area (Å²) in [6, 6.07) is 17.9. The van der Waals surface area contributed by atoms with Gasteiger partial charge in [-0.15, -0.1) is 11.3 Å². The van der Waals surface area contributed by atoms with E-state index in [0.717, 1.165) is 22.7 Å². The molecule has 1 aliphatic heterocycles. The molecule has 0 bridgehead atoms. The van der Waals surface area contributed by atoms with E-state index in [9.17, 15) is 4.79 Å². The van der Waals surface area contributed by atoms with Gasteiger partial charge in [-0.25, -0.2) is 9.78 Å². The van der Waals surface area contributed by atoms with Gasteiger partial charge in [0.15, 0.2) is 5.60 Å². The van der Waals surface area contributed by atoms with Crippen LogP contribution in [0.25, 0.3) is 0 Å². The van der Waals surface area contributed by atoms with Crippen molar-refractivity contribution >= 4 is 17.3 Å². The minimum absolute atomic E-state index is 0.0997. The van der Waals surface area contributed by atoms with E-state index in [1.54, 1.807) is 18.3 Å². The summed E-state index contributed by atoms with van der Waals surface area (Å²) in [5.41, 5.74) is 2.03. The molecule has 0 saturated heterocycles. The first-order valence-corrected chi connectivity index (χ1v) is 9.86. The smallest absolute Gasteiger partial charge is 0.344 e. The van der Waals surface area contributed by atoms with Crippen molar-refractivity contribution in [2.75, 3.05) is 0 Å². The number of fused-ring (bicyclic) bond motifs is 1.